The van der Waals surface area contributed by atoms with Gasteiger partial charge in [-0.1, -0.05) is 29.3 Å². The van der Waals surface area contributed by atoms with Crippen LogP contribution >= 0.6 is 39.1 Å². The van der Waals surface area contributed by atoms with Crippen LogP contribution in [0.3, 0.4) is 0 Å². The van der Waals surface area contributed by atoms with Crippen molar-refractivity contribution in [3.63, 3.8) is 0 Å². The van der Waals surface area contributed by atoms with Crippen LogP contribution in [0.4, 0.5) is 0 Å². The average Bonchev–Trinajstić information content (AvgIpc) is 2.49. The fraction of sp³-hybridized carbons (Fsp3) is 0.133. The zero-order chi connectivity index (χ0) is 15.6. The second-order valence-corrected chi connectivity index (χ2v) is 5.67. The molecule has 0 bridgehead atoms. The number of ether oxygens (including phenoxy) is 2. The first-order chi connectivity index (χ1) is 10.0. The molecule has 0 aliphatic rings. The molecule has 0 aromatic heterocycles. The van der Waals surface area contributed by atoms with Crippen LogP contribution in [0.2, 0.25) is 10.0 Å². The lowest BCUT2D eigenvalue weighted by atomic mass is 10.0. The maximum Gasteiger partial charge on any atom is 0.198 e. The SMILES string of the molecule is COc1ccc(C(=O)c2cccc(Cl)c2Cl)c(OC)c1Br. The molecule has 0 heterocycles. The van der Waals surface area contributed by atoms with E-state index in [1.165, 1.54) is 14.2 Å². The molecule has 0 amide bonds. The maximum absolute atomic E-state index is 12.7. The molecule has 21 heavy (non-hydrogen) atoms. The van der Waals surface area contributed by atoms with E-state index < -0.39 is 0 Å². The summed E-state index contributed by atoms with van der Waals surface area (Å²) in [5.74, 6) is 0.679. The maximum atomic E-state index is 12.7. The summed E-state index contributed by atoms with van der Waals surface area (Å²) in [5, 5.41) is 0.548. The highest BCUT2D eigenvalue weighted by Crippen LogP contribution is 2.39. The van der Waals surface area contributed by atoms with Gasteiger partial charge in [0.15, 0.2) is 5.78 Å². The monoisotopic (exact) mass is 388 g/mol. The van der Waals surface area contributed by atoms with Crippen molar-refractivity contribution in [2.24, 2.45) is 0 Å². The fourth-order valence-corrected chi connectivity index (χ4v) is 2.95. The number of carbonyl (C=O) groups is 1. The van der Waals surface area contributed by atoms with Crippen LogP contribution in [0.5, 0.6) is 11.5 Å². The lowest BCUT2D eigenvalue weighted by Crippen LogP contribution is -2.06. The minimum atomic E-state index is -0.275. The average molecular weight is 390 g/mol. The number of hydrogen-bond donors (Lipinski definition) is 0. The minimum absolute atomic E-state index is 0.221. The van der Waals surface area contributed by atoms with Gasteiger partial charge in [-0.3, -0.25) is 4.79 Å². The number of hydrogen-bond acceptors (Lipinski definition) is 3. The Morgan fingerprint density at radius 2 is 1.76 bits per heavy atom. The van der Waals surface area contributed by atoms with E-state index in [0.29, 0.717) is 32.1 Å². The molecule has 6 heteroatoms. The van der Waals surface area contributed by atoms with Crippen molar-refractivity contribution in [1.29, 1.82) is 0 Å². The predicted molar refractivity (Wildman–Crippen MR) is 87.1 cm³/mol. The Balaban J connectivity index is 2.59. The molecule has 0 spiro atoms. The first-order valence-electron chi connectivity index (χ1n) is 5.90. The van der Waals surface area contributed by atoms with Gasteiger partial charge in [-0.15, -0.1) is 0 Å². The van der Waals surface area contributed by atoms with Crippen molar-refractivity contribution in [3.05, 3.63) is 56.0 Å². The van der Waals surface area contributed by atoms with Crippen molar-refractivity contribution in [2.75, 3.05) is 14.2 Å². The first kappa shape index (κ1) is 16.1. The summed E-state index contributed by atoms with van der Waals surface area (Å²) in [5.41, 5.74) is 0.689. The van der Waals surface area contributed by atoms with Crippen molar-refractivity contribution in [2.45, 2.75) is 0 Å². The van der Waals surface area contributed by atoms with Crippen molar-refractivity contribution in [1.82, 2.24) is 0 Å². The molecule has 0 N–H and O–H groups in total. The van der Waals surface area contributed by atoms with E-state index in [1.807, 2.05) is 0 Å². The third kappa shape index (κ3) is 3.03. The van der Waals surface area contributed by atoms with Gasteiger partial charge >= 0.3 is 0 Å². The number of rotatable bonds is 4. The van der Waals surface area contributed by atoms with Crippen molar-refractivity contribution < 1.29 is 14.3 Å². The van der Waals surface area contributed by atoms with E-state index >= 15 is 0 Å². The van der Waals surface area contributed by atoms with Crippen molar-refractivity contribution >= 4 is 44.9 Å². The molecular formula is C15H11BrCl2O3. The zero-order valence-electron chi connectivity index (χ0n) is 11.2. The molecule has 0 saturated heterocycles. The largest absolute Gasteiger partial charge is 0.495 e. The van der Waals surface area contributed by atoms with Crippen LogP contribution in [0.25, 0.3) is 0 Å². The van der Waals surface area contributed by atoms with E-state index in [2.05, 4.69) is 15.9 Å². The highest BCUT2D eigenvalue weighted by atomic mass is 79.9. The number of carbonyl (C=O) groups excluding carboxylic acids is 1. The molecule has 110 valence electrons. The van der Waals surface area contributed by atoms with Crippen LogP contribution in [0.15, 0.2) is 34.8 Å². The second kappa shape index (κ2) is 6.69. The first-order valence-corrected chi connectivity index (χ1v) is 7.45. The topological polar surface area (TPSA) is 35.5 Å². The predicted octanol–water partition coefficient (Wildman–Crippen LogP) is 5.00. The lowest BCUT2D eigenvalue weighted by Gasteiger charge is -2.13. The summed E-state index contributed by atoms with van der Waals surface area (Å²) in [6.45, 7) is 0. The summed E-state index contributed by atoms with van der Waals surface area (Å²) in [6.07, 6.45) is 0. The second-order valence-electron chi connectivity index (χ2n) is 4.09. The number of benzene rings is 2. The molecule has 2 aromatic carbocycles. The molecule has 0 radical (unpaired) electrons. The molecule has 2 aromatic rings. The molecule has 0 atom stereocenters. The third-order valence-corrected chi connectivity index (χ3v) is 4.50. The Morgan fingerprint density at radius 3 is 2.38 bits per heavy atom. The van der Waals surface area contributed by atoms with E-state index in [-0.39, 0.29) is 10.8 Å². The van der Waals surface area contributed by atoms with Crippen LogP contribution in [-0.4, -0.2) is 20.0 Å². The number of ketones is 1. The van der Waals surface area contributed by atoms with E-state index in [4.69, 9.17) is 32.7 Å². The quantitative estimate of drug-likeness (QED) is 0.690. The van der Waals surface area contributed by atoms with Gasteiger partial charge in [0.25, 0.3) is 0 Å². The Labute approximate surface area is 140 Å². The van der Waals surface area contributed by atoms with Crippen LogP contribution < -0.4 is 9.47 Å². The summed E-state index contributed by atoms with van der Waals surface area (Å²) in [6, 6.07) is 8.22. The zero-order valence-corrected chi connectivity index (χ0v) is 14.3. The van der Waals surface area contributed by atoms with Gasteiger partial charge in [0.2, 0.25) is 0 Å². The highest BCUT2D eigenvalue weighted by molar-refractivity contribution is 9.10. The molecule has 0 aliphatic heterocycles. The minimum Gasteiger partial charge on any atom is -0.495 e. The molecule has 2 rings (SSSR count). The van der Waals surface area contributed by atoms with Gasteiger partial charge in [-0.05, 0) is 40.2 Å². The summed E-state index contributed by atoms with van der Waals surface area (Å²) >= 11 is 15.4. The van der Waals surface area contributed by atoms with Gasteiger partial charge < -0.3 is 9.47 Å². The molecule has 0 aliphatic carbocycles. The Bertz CT molecular complexity index is 702. The standard InChI is InChI=1S/C15H11BrCl2O3/c1-20-11-7-6-9(15(21-2)12(11)16)14(19)8-4-3-5-10(17)13(8)18/h3-7H,1-2H3. The smallest absolute Gasteiger partial charge is 0.198 e. The Morgan fingerprint density at radius 1 is 1.05 bits per heavy atom. The highest BCUT2D eigenvalue weighted by Gasteiger charge is 2.21. The summed E-state index contributed by atoms with van der Waals surface area (Å²) in [7, 11) is 3.02. The van der Waals surface area contributed by atoms with Crippen LogP contribution in [-0.2, 0) is 0 Å². The molecule has 0 fully saturated rings. The normalized spacial score (nSPS) is 10.3. The molecule has 0 unspecified atom stereocenters. The number of halogens is 3. The van der Waals surface area contributed by atoms with E-state index in [1.54, 1.807) is 30.3 Å². The summed E-state index contributed by atoms with van der Waals surface area (Å²) in [4.78, 5) is 12.7. The van der Waals surface area contributed by atoms with Gasteiger partial charge in [0.1, 0.15) is 16.0 Å². The van der Waals surface area contributed by atoms with Gasteiger partial charge in [-0.25, -0.2) is 0 Å². The molecular weight excluding hydrogens is 379 g/mol. The van der Waals surface area contributed by atoms with Gasteiger partial charge in [0, 0.05) is 5.56 Å². The number of methoxy groups -OCH3 is 2. The van der Waals surface area contributed by atoms with Gasteiger partial charge in [-0.2, -0.15) is 0 Å². The molecule has 0 saturated carbocycles. The lowest BCUT2D eigenvalue weighted by molar-refractivity contribution is 0.103. The van der Waals surface area contributed by atoms with E-state index in [0.717, 1.165) is 0 Å². The van der Waals surface area contributed by atoms with Crippen LogP contribution in [0, 0.1) is 0 Å². The third-order valence-electron chi connectivity index (χ3n) is 2.93. The Kier molecular flexibility index (Phi) is 5.14. The molecule has 3 nitrogen and oxygen atoms in total. The summed E-state index contributed by atoms with van der Waals surface area (Å²) < 4.78 is 11.1. The Hall–Kier alpha value is -1.23. The van der Waals surface area contributed by atoms with Crippen LogP contribution in [0.1, 0.15) is 15.9 Å². The fourth-order valence-electron chi connectivity index (χ4n) is 1.90. The van der Waals surface area contributed by atoms with E-state index in [9.17, 15) is 4.79 Å². The van der Waals surface area contributed by atoms with Gasteiger partial charge in [0.05, 0.1) is 29.8 Å². The van der Waals surface area contributed by atoms with Crippen molar-refractivity contribution in [3.8, 4) is 11.5 Å².